The van der Waals surface area contributed by atoms with E-state index in [4.69, 9.17) is 0 Å². The number of ether oxygens (including phenoxy) is 1. The van der Waals surface area contributed by atoms with Crippen LogP contribution in [-0.2, 0) is 0 Å². The van der Waals surface area contributed by atoms with Crippen LogP contribution >= 0.6 is 0 Å². The Balaban J connectivity index is 2.88. The summed E-state index contributed by atoms with van der Waals surface area (Å²) in [5, 5.41) is 0. The van der Waals surface area contributed by atoms with Crippen LogP contribution in [0.5, 0.6) is 5.75 Å². The second kappa shape index (κ2) is 6.87. The quantitative estimate of drug-likeness (QED) is 0.741. The number of rotatable bonds is 6. The zero-order valence-corrected chi connectivity index (χ0v) is 11.0. The number of hydrogen-bond acceptors (Lipinski definition) is 2. The maximum Gasteiger partial charge on any atom is 0.387 e. The molecule has 0 saturated carbocycles. The third-order valence-corrected chi connectivity index (χ3v) is 2.44. The van der Waals surface area contributed by atoms with Crippen molar-refractivity contribution in [3.8, 4) is 5.75 Å². The molecule has 5 heteroatoms. The molecule has 3 nitrogen and oxygen atoms in total. The third kappa shape index (κ3) is 4.69. The molecule has 0 aromatic heterocycles. The van der Waals surface area contributed by atoms with E-state index < -0.39 is 6.61 Å². The zero-order valence-electron chi connectivity index (χ0n) is 11.0. The number of carbonyl (C=O) groups excluding carboxylic acids is 1. The van der Waals surface area contributed by atoms with Crippen LogP contribution in [-0.4, -0.2) is 30.5 Å². The van der Waals surface area contributed by atoms with E-state index in [0.717, 1.165) is 5.57 Å². The second-order valence-corrected chi connectivity index (χ2v) is 4.18. The van der Waals surface area contributed by atoms with Gasteiger partial charge in [0, 0.05) is 18.7 Å². The van der Waals surface area contributed by atoms with Gasteiger partial charge in [0.05, 0.1) is 0 Å². The number of hydrogen-bond donors (Lipinski definition) is 0. The summed E-state index contributed by atoms with van der Waals surface area (Å²) in [5.41, 5.74) is 1.18. The Labute approximate surface area is 111 Å². The maximum absolute atomic E-state index is 12.2. The third-order valence-electron chi connectivity index (χ3n) is 2.44. The Hall–Kier alpha value is -1.91. The van der Waals surface area contributed by atoms with Gasteiger partial charge in [0.15, 0.2) is 0 Å². The summed E-state index contributed by atoms with van der Waals surface area (Å²) in [6.07, 6.45) is 0. The highest BCUT2D eigenvalue weighted by atomic mass is 19.3. The molecule has 0 spiro atoms. The van der Waals surface area contributed by atoms with Crippen molar-refractivity contribution in [1.82, 2.24) is 4.90 Å². The highest BCUT2D eigenvalue weighted by molar-refractivity contribution is 5.94. The summed E-state index contributed by atoms with van der Waals surface area (Å²) in [6.45, 7) is 5.49. The first-order valence-electron chi connectivity index (χ1n) is 5.92. The van der Waals surface area contributed by atoms with E-state index in [9.17, 15) is 13.6 Å². The number of nitrogens with zero attached hydrogens (tertiary/aromatic N) is 1. The summed E-state index contributed by atoms with van der Waals surface area (Å²) in [5.74, 6) is -0.252. The number of benzene rings is 1. The first-order valence-corrected chi connectivity index (χ1v) is 5.92. The number of carbonyl (C=O) groups is 1. The molecule has 104 valence electrons. The lowest BCUT2D eigenvalue weighted by atomic mass is 10.1. The Morgan fingerprint density at radius 2 is 2.16 bits per heavy atom. The summed E-state index contributed by atoms with van der Waals surface area (Å²) >= 11 is 0. The SMILES string of the molecule is C=C(C)CN(CC)C(=O)c1cccc(OC(F)F)c1. The first-order chi connectivity index (χ1) is 8.93. The van der Waals surface area contributed by atoms with Crippen LogP contribution in [0.3, 0.4) is 0 Å². The van der Waals surface area contributed by atoms with Crippen molar-refractivity contribution in [2.45, 2.75) is 20.5 Å². The summed E-state index contributed by atoms with van der Waals surface area (Å²) in [6, 6.07) is 5.79. The Morgan fingerprint density at radius 3 is 2.68 bits per heavy atom. The van der Waals surface area contributed by atoms with Gasteiger partial charge in [-0.3, -0.25) is 4.79 Å². The fourth-order valence-corrected chi connectivity index (χ4v) is 1.64. The number of halogens is 2. The molecule has 0 radical (unpaired) electrons. The predicted octanol–water partition coefficient (Wildman–Crippen LogP) is 3.33. The molecule has 0 aliphatic carbocycles. The van der Waals surface area contributed by atoms with E-state index in [1.807, 2.05) is 13.8 Å². The van der Waals surface area contributed by atoms with Crippen molar-refractivity contribution >= 4 is 5.91 Å². The highest BCUT2D eigenvalue weighted by Crippen LogP contribution is 2.17. The Bertz CT molecular complexity index is 461. The van der Waals surface area contributed by atoms with E-state index >= 15 is 0 Å². The van der Waals surface area contributed by atoms with E-state index in [-0.39, 0.29) is 11.7 Å². The van der Waals surface area contributed by atoms with Gasteiger partial charge in [-0.15, -0.1) is 0 Å². The van der Waals surface area contributed by atoms with Crippen molar-refractivity contribution in [3.05, 3.63) is 42.0 Å². The molecule has 19 heavy (non-hydrogen) atoms. The monoisotopic (exact) mass is 269 g/mol. The van der Waals surface area contributed by atoms with E-state index in [1.54, 1.807) is 11.0 Å². The van der Waals surface area contributed by atoms with Crippen molar-refractivity contribution in [1.29, 1.82) is 0 Å². The van der Waals surface area contributed by atoms with Gasteiger partial charge < -0.3 is 9.64 Å². The molecule has 0 saturated heterocycles. The zero-order chi connectivity index (χ0) is 14.4. The fourth-order valence-electron chi connectivity index (χ4n) is 1.64. The molecule has 1 rings (SSSR count). The molecular formula is C14H17F2NO2. The van der Waals surface area contributed by atoms with Gasteiger partial charge in [0.2, 0.25) is 0 Å². The summed E-state index contributed by atoms with van der Waals surface area (Å²) in [7, 11) is 0. The van der Waals surface area contributed by atoms with Crippen molar-refractivity contribution < 1.29 is 18.3 Å². The molecule has 1 aromatic carbocycles. The largest absolute Gasteiger partial charge is 0.435 e. The van der Waals surface area contributed by atoms with Gasteiger partial charge in [-0.05, 0) is 32.0 Å². The van der Waals surface area contributed by atoms with Crippen molar-refractivity contribution in [3.63, 3.8) is 0 Å². The minimum absolute atomic E-state index is 0.0211. The molecule has 0 unspecified atom stereocenters. The van der Waals surface area contributed by atoms with Crippen LogP contribution in [0, 0.1) is 0 Å². The molecule has 0 fully saturated rings. The molecule has 0 heterocycles. The van der Waals surface area contributed by atoms with Gasteiger partial charge in [0.25, 0.3) is 5.91 Å². The van der Waals surface area contributed by atoms with Crippen LogP contribution in [0.1, 0.15) is 24.2 Å². The smallest absolute Gasteiger partial charge is 0.387 e. The van der Waals surface area contributed by atoms with Crippen LogP contribution in [0.2, 0.25) is 0 Å². The van der Waals surface area contributed by atoms with E-state index in [0.29, 0.717) is 18.7 Å². The van der Waals surface area contributed by atoms with Crippen LogP contribution < -0.4 is 4.74 Å². The average Bonchev–Trinajstić information content (AvgIpc) is 2.34. The normalized spacial score (nSPS) is 10.4. The molecule has 0 N–H and O–H groups in total. The molecule has 0 bridgehead atoms. The molecular weight excluding hydrogens is 252 g/mol. The van der Waals surface area contributed by atoms with Gasteiger partial charge in [0.1, 0.15) is 5.75 Å². The maximum atomic E-state index is 12.2. The van der Waals surface area contributed by atoms with Crippen molar-refractivity contribution in [2.75, 3.05) is 13.1 Å². The Morgan fingerprint density at radius 1 is 1.47 bits per heavy atom. The number of alkyl halides is 2. The lowest BCUT2D eigenvalue weighted by Crippen LogP contribution is -2.32. The number of likely N-dealkylation sites (N-methyl/N-ethyl adjacent to an activating group) is 1. The average molecular weight is 269 g/mol. The van der Waals surface area contributed by atoms with Gasteiger partial charge >= 0.3 is 6.61 Å². The fraction of sp³-hybridized carbons (Fsp3) is 0.357. The highest BCUT2D eigenvalue weighted by Gasteiger charge is 2.15. The predicted molar refractivity (Wildman–Crippen MR) is 69.5 cm³/mol. The standard InChI is InChI=1S/C14H17F2NO2/c1-4-17(9-10(2)3)13(18)11-6-5-7-12(8-11)19-14(15)16/h5-8,14H,2,4,9H2,1,3H3. The topological polar surface area (TPSA) is 29.5 Å². The summed E-state index contributed by atoms with van der Waals surface area (Å²) < 4.78 is 28.5. The molecule has 0 aliphatic heterocycles. The Kier molecular flexibility index (Phi) is 5.48. The van der Waals surface area contributed by atoms with E-state index in [2.05, 4.69) is 11.3 Å². The number of amides is 1. The van der Waals surface area contributed by atoms with E-state index in [1.165, 1.54) is 18.2 Å². The van der Waals surface area contributed by atoms with Crippen LogP contribution in [0.4, 0.5) is 8.78 Å². The first kappa shape index (κ1) is 15.1. The van der Waals surface area contributed by atoms with Gasteiger partial charge in [-0.25, -0.2) is 0 Å². The molecule has 1 amide bonds. The van der Waals surface area contributed by atoms with Crippen molar-refractivity contribution in [2.24, 2.45) is 0 Å². The minimum Gasteiger partial charge on any atom is -0.435 e. The van der Waals surface area contributed by atoms with Gasteiger partial charge in [-0.2, -0.15) is 8.78 Å². The molecule has 0 atom stereocenters. The van der Waals surface area contributed by atoms with Crippen LogP contribution in [0.15, 0.2) is 36.4 Å². The lowest BCUT2D eigenvalue weighted by Gasteiger charge is -2.21. The van der Waals surface area contributed by atoms with Crippen LogP contribution in [0.25, 0.3) is 0 Å². The minimum atomic E-state index is -2.90. The van der Waals surface area contributed by atoms with Gasteiger partial charge in [-0.1, -0.05) is 18.2 Å². The lowest BCUT2D eigenvalue weighted by molar-refractivity contribution is -0.0499. The molecule has 1 aromatic rings. The molecule has 0 aliphatic rings. The summed E-state index contributed by atoms with van der Waals surface area (Å²) in [4.78, 5) is 13.8. The second-order valence-electron chi connectivity index (χ2n) is 4.18.